The highest BCUT2D eigenvalue weighted by Crippen LogP contribution is 2.39. The monoisotopic (exact) mass is 245 g/mol. The van der Waals surface area contributed by atoms with Crippen LogP contribution in [0, 0.1) is 5.92 Å². The SMILES string of the molecule is CC(C)Cc1ccc2c(c1)CN(C)CC21COC1. The highest BCUT2D eigenvalue weighted by Gasteiger charge is 2.44. The fourth-order valence-corrected chi connectivity index (χ4v) is 3.44. The van der Waals surface area contributed by atoms with Gasteiger partial charge in [-0.2, -0.15) is 0 Å². The van der Waals surface area contributed by atoms with Crippen molar-refractivity contribution >= 4 is 0 Å². The van der Waals surface area contributed by atoms with Gasteiger partial charge in [0.1, 0.15) is 0 Å². The molecule has 1 aromatic carbocycles. The quantitative estimate of drug-likeness (QED) is 0.794. The molecule has 2 aliphatic rings. The topological polar surface area (TPSA) is 12.5 Å². The number of hydrogen-bond acceptors (Lipinski definition) is 2. The fraction of sp³-hybridized carbons (Fsp3) is 0.625. The van der Waals surface area contributed by atoms with E-state index >= 15 is 0 Å². The first-order chi connectivity index (χ1) is 8.59. The van der Waals surface area contributed by atoms with Crippen molar-refractivity contribution in [3.8, 4) is 0 Å². The zero-order valence-corrected chi connectivity index (χ0v) is 11.7. The lowest BCUT2D eigenvalue weighted by Gasteiger charge is -2.48. The maximum atomic E-state index is 5.49. The molecule has 1 spiro atoms. The van der Waals surface area contributed by atoms with Crippen LogP contribution in [0.1, 0.15) is 30.5 Å². The summed E-state index contributed by atoms with van der Waals surface area (Å²) in [5, 5.41) is 0. The molecule has 0 unspecified atom stereocenters. The van der Waals surface area contributed by atoms with Crippen molar-refractivity contribution in [1.29, 1.82) is 0 Å². The largest absolute Gasteiger partial charge is 0.379 e. The van der Waals surface area contributed by atoms with Gasteiger partial charge >= 0.3 is 0 Å². The van der Waals surface area contributed by atoms with E-state index in [4.69, 9.17) is 4.74 Å². The molecule has 0 radical (unpaired) electrons. The number of nitrogens with zero attached hydrogens (tertiary/aromatic N) is 1. The molecule has 0 bridgehead atoms. The van der Waals surface area contributed by atoms with Crippen molar-refractivity contribution < 1.29 is 4.74 Å². The third kappa shape index (κ3) is 1.98. The van der Waals surface area contributed by atoms with E-state index < -0.39 is 0 Å². The molecule has 3 rings (SSSR count). The van der Waals surface area contributed by atoms with Gasteiger partial charge in [0, 0.05) is 13.1 Å². The summed E-state index contributed by atoms with van der Waals surface area (Å²) < 4.78 is 5.49. The van der Waals surface area contributed by atoms with Crippen LogP contribution in [-0.2, 0) is 23.1 Å². The summed E-state index contributed by atoms with van der Waals surface area (Å²) in [6.45, 7) is 8.59. The Morgan fingerprint density at radius 3 is 2.72 bits per heavy atom. The molecule has 1 saturated heterocycles. The van der Waals surface area contributed by atoms with Crippen LogP contribution in [0.5, 0.6) is 0 Å². The summed E-state index contributed by atoms with van der Waals surface area (Å²) in [5.41, 5.74) is 4.83. The van der Waals surface area contributed by atoms with Crippen molar-refractivity contribution in [3.05, 3.63) is 34.9 Å². The minimum Gasteiger partial charge on any atom is -0.379 e. The van der Waals surface area contributed by atoms with Gasteiger partial charge in [-0.1, -0.05) is 32.0 Å². The number of fused-ring (bicyclic) bond motifs is 2. The number of hydrogen-bond donors (Lipinski definition) is 0. The van der Waals surface area contributed by atoms with Gasteiger partial charge in [-0.3, -0.25) is 0 Å². The van der Waals surface area contributed by atoms with Crippen LogP contribution in [0.2, 0.25) is 0 Å². The Hall–Kier alpha value is -0.860. The number of benzene rings is 1. The van der Waals surface area contributed by atoms with E-state index in [0.29, 0.717) is 5.41 Å². The first kappa shape index (κ1) is 12.2. The maximum absolute atomic E-state index is 5.49. The van der Waals surface area contributed by atoms with E-state index in [2.05, 4.69) is 44.0 Å². The number of likely N-dealkylation sites (N-methyl/N-ethyl adjacent to an activating group) is 1. The first-order valence-corrected chi connectivity index (χ1v) is 6.98. The molecule has 0 atom stereocenters. The third-order valence-electron chi connectivity index (χ3n) is 4.15. The second-order valence-corrected chi connectivity index (χ2v) is 6.53. The van der Waals surface area contributed by atoms with Gasteiger partial charge in [0.15, 0.2) is 0 Å². The summed E-state index contributed by atoms with van der Waals surface area (Å²) >= 11 is 0. The lowest BCUT2D eigenvalue weighted by atomic mass is 9.73. The first-order valence-electron chi connectivity index (χ1n) is 6.98. The van der Waals surface area contributed by atoms with E-state index in [1.807, 2.05) is 0 Å². The average Bonchev–Trinajstić information content (AvgIpc) is 2.24. The fourth-order valence-electron chi connectivity index (χ4n) is 3.44. The highest BCUT2D eigenvalue weighted by atomic mass is 16.5. The maximum Gasteiger partial charge on any atom is 0.0598 e. The summed E-state index contributed by atoms with van der Waals surface area (Å²) in [6.07, 6.45) is 1.18. The minimum atomic E-state index is 0.290. The van der Waals surface area contributed by atoms with Gasteiger partial charge in [0.05, 0.1) is 18.6 Å². The molecule has 0 N–H and O–H groups in total. The molecule has 98 valence electrons. The predicted molar refractivity (Wildman–Crippen MR) is 73.8 cm³/mol. The molecule has 0 aliphatic carbocycles. The Morgan fingerprint density at radius 2 is 2.11 bits per heavy atom. The van der Waals surface area contributed by atoms with Crippen molar-refractivity contribution in [3.63, 3.8) is 0 Å². The van der Waals surface area contributed by atoms with E-state index in [1.54, 1.807) is 5.56 Å². The molecular weight excluding hydrogens is 222 g/mol. The molecule has 18 heavy (non-hydrogen) atoms. The molecule has 2 aliphatic heterocycles. The van der Waals surface area contributed by atoms with Crippen LogP contribution in [0.4, 0.5) is 0 Å². The molecule has 0 amide bonds. The molecular formula is C16H23NO. The zero-order chi connectivity index (χ0) is 12.8. The van der Waals surface area contributed by atoms with Crippen LogP contribution in [-0.4, -0.2) is 31.7 Å². The zero-order valence-electron chi connectivity index (χ0n) is 11.7. The lowest BCUT2D eigenvalue weighted by Crippen LogP contribution is -2.56. The van der Waals surface area contributed by atoms with Crippen LogP contribution in [0.3, 0.4) is 0 Å². The van der Waals surface area contributed by atoms with E-state index in [0.717, 1.165) is 32.2 Å². The summed E-state index contributed by atoms with van der Waals surface area (Å²) in [6, 6.07) is 7.11. The Bertz CT molecular complexity index is 448. The Balaban J connectivity index is 1.95. The molecule has 0 saturated carbocycles. The number of rotatable bonds is 2. The van der Waals surface area contributed by atoms with Gasteiger partial charge in [-0.25, -0.2) is 0 Å². The minimum absolute atomic E-state index is 0.290. The van der Waals surface area contributed by atoms with Crippen LogP contribution < -0.4 is 0 Å². The van der Waals surface area contributed by atoms with E-state index in [9.17, 15) is 0 Å². The Kier molecular flexibility index (Phi) is 2.95. The Labute approximate surface area is 110 Å². The van der Waals surface area contributed by atoms with E-state index in [-0.39, 0.29) is 0 Å². The summed E-state index contributed by atoms with van der Waals surface area (Å²) in [7, 11) is 2.22. The van der Waals surface area contributed by atoms with Crippen LogP contribution >= 0.6 is 0 Å². The van der Waals surface area contributed by atoms with Gasteiger partial charge in [-0.15, -0.1) is 0 Å². The van der Waals surface area contributed by atoms with Crippen molar-refractivity contribution in [2.75, 3.05) is 26.8 Å². The average molecular weight is 245 g/mol. The van der Waals surface area contributed by atoms with Gasteiger partial charge < -0.3 is 9.64 Å². The molecule has 2 nitrogen and oxygen atoms in total. The Morgan fingerprint density at radius 1 is 1.33 bits per heavy atom. The van der Waals surface area contributed by atoms with Crippen molar-refractivity contribution in [1.82, 2.24) is 4.90 Å². The second kappa shape index (κ2) is 4.36. The molecule has 1 aromatic rings. The van der Waals surface area contributed by atoms with Gasteiger partial charge in [0.25, 0.3) is 0 Å². The standard InChI is InChI=1S/C16H23NO/c1-12(2)6-13-4-5-15-14(7-13)8-17(3)9-16(15)10-18-11-16/h4-5,7,12H,6,8-11H2,1-3H3. The predicted octanol–water partition coefficient (Wildman–Crippen LogP) is 2.60. The van der Waals surface area contributed by atoms with Gasteiger partial charge in [-0.05, 0) is 36.1 Å². The smallest absolute Gasteiger partial charge is 0.0598 e. The normalized spacial score (nSPS) is 22.0. The van der Waals surface area contributed by atoms with Gasteiger partial charge in [0.2, 0.25) is 0 Å². The van der Waals surface area contributed by atoms with Crippen molar-refractivity contribution in [2.45, 2.75) is 32.2 Å². The van der Waals surface area contributed by atoms with Crippen LogP contribution in [0.25, 0.3) is 0 Å². The third-order valence-corrected chi connectivity index (χ3v) is 4.15. The molecule has 0 aromatic heterocycles. The second-order valence-electron chi connectivity index (χ2n) is 6.53. The summed E-state index contributed by atoms with van der Waals surface area (Å²) in [5.74, 6) is 0.727. The molecule has 1 fully saturated rings. The lowest BCUT2D eigenvalue weighted by molar-refractivity contribution is -0.0789. The van der Waals surface area contributed by atoms with E-state index in [1.165, 1.54) is 17.5 Å². The highest BCUT2D eigenvalue weighted by molar-refractivity contribution is 5.41. The van der Waals surface area contributed by atoms with Crippen molar-refractivity contribution in [2.24, 2.45) is 5.92 Å². The summed E-state index contributed by atoms with van der Waals surface area (Å²) in [4.78, 5) is 2.43. The molecule has 2 heterocycles. The number of ether oxygens (including phenoxy) is 1. The van der Waals surface area contributed by atoms with Crippen LogP contribution in [0.15, 0.2) is 18.2 Å². The molecule has 2 heteroatoms.